The second-order valence-corrected chi connectivity index (χ2v) is 7.22. The van der Waals surface area contributed by atoms with E-state index in [0.717, 1.165) is 11.1 Å². The van der Waals surface area contributed by atoms with Crippen LogP contribution in [-0.2, 0) is 16.0 Å². The molecule has 1 aromatic carbocycles. The molecule has 1 aliphatic rings. The number of carbonyl (C=O) groups is 2. The topological polar surface area (TPSA) is 80.8 Å². The predicted molar refractivity (Wildman–Crippen MR) is 110 cm³/mol. The zero-order valence-corrected chi connectivity index (χ0v) is 17.1. The Labute approximate surface area is 171 Å². The molecule has 0 saturated carbocycles. The highest BCUT2D eigenvalue weighted by Crippen LogP contribution is 2.26. The molecule has 1 saturated heterocycles. The van der Waals surface area contributed by atoms with Gasteiger partial charge in [-0.15, -0.1) is 0 Å². The van der Waals surface area contributed by atoms with Crippen molar-refractivity contribution in [3.8, 4) is 11.5 Å². The first-order chi connectivity index (χ1) is 14.0. The lowest BCUT2D eigenvalue weighted by molar-refractivity contribution is -0.133. The summed E-state index contributed by atoms with van der Waals surface area (Å²) < 4.78 is 10.6. The number of anilines is 1. The first-order valence-corrected chi connectivity index (χ1v) is 9.72. The number of rotatable bonds is 6. The molecule has 0 radical (unpaired) electrons. The lowest BCUT2D eigenvalue weighted by Gasteiger charge is -2.31. The fraction of sp³-hybridized carbons (Fsp3) is 0.409. The third kappa shape index (κ3) is 5.25. The maximum atomic E-state index is 12.7. The van der Waals surface area contributed by atoms with E-state index in [0.29, 0.717) is 43.2 Å². The van der Waals surface area contributed by atoms with Crippen LogP contribution in [0.5, 0.6) is 11.5 Å². The van der Waals surface area contributed by atoms with Crippen LogP contribution in [0.2, 0.25) is 0 Å². The Morgan fingerprint density at radius 2 is 1.90 bits per heavy atom. The third-order valence-corrected chi connectivity index (χ3v) is 5.22. The van der Waals surface area contributed by atoms with Gasteiger partial charge in [0.2, 0.25) is 11.8 Å². The van der Waals surface area contributed by atoms with E-state index in [4.69, 9.17) is 9.47 Å². The molecule has 3 rings (SSSR count). The third-order valence-electron chi connectivity index (χ3n) is 5.22. The van der Waals surface area contributed by atoms with Gasteiger partial charge in [-0.25, -0.2) is 4.98 Å². The summed E-state index contributed by atoms with van der Waals surface area (Å²) >= 11 is 0. The van der Waals surface area contributed by atoms with Crippen molar-refractivity contribution in [1.29, 1.82) is 0 Å². The van der Waals surface area contributed by atoms with E-state index >= 15 is 0 Å². The fourth-order valence-electron chi connectivity index (χ4n) is 3.43. The number of ether oxygens (including phenoxy) is 2. The number of benzene rings is 1. The van der Waals surface area contributed by atoms with E-state index in [1.54, 1.807) is 32.5 Å². The normalized spacial score (nSPS) is 14.4. The second kappa shape index (κ2) is 9.41. The molecule has 0 unspecified atom stereocenters. The second-order valence-electron chi connectivity index (χ2n) is 7.22. The van der Waals surface area contributed by atoms with Crippen LogP contribution < -0.4 is 14.8 Å². The number of nitrogens with one attached hydrogen (secondary N) is 1. The van der Waals surface area contributed by atoms with Gasteiger partial charge in [-0.1, -0.05) is 12.1 Å². The zero-order valence-electron chi connectivity index (χ0n) is 17.1. The van der Waals surface area contributed by atoms with Gasteiger partial charge in [0.25, 0.3) is 0 Å². The largest absolute Gasteiger partial charge is 0.497 e. The van der Waals surface area contributed by atoms with Crippen LogP contribution >= 0.6 is 0 Å². The minimum atomic E-state index is -0.113. The fourth-order valence-corrected chi connectivity index (χ4v) is 3.43. The van der Waals surface area contributed by atoms with Crippen molar-refractivity contribution >= 4 is 17.6 Å². The highest BCUT2D eigenvalue weighted by molar-refractivity contribution is 5.92. The van der Waals surface area contributed by atoms with E-state index in [-0.39, 0.29) is 24.2 Å². The molecule has 0 bridgehead atoms. The maximum Gasteiger partial charge on any atom is 0.228 e. The number of piperidine rings is 1. The molecule has 7 heteroatoms. The van der Waals surface area contributed by atoms with Crippen LogP contribution in [-0.4, -0.2) is 49.0 Å². The Balaban J connectivity index is 1.53. The van der Waals surface area contributed by atoms with Crippen LogP contribution in [0, 0.1) is 12.8 Å². The minimum absolute atomic E-state index is 0.0347. The number of aromatic nitrogens is 1. The first kappa shape index (κ1) is 20.6. The van der Waals surface area contributed by atoms with Crippen LogP contribution in [0.1, 0.15) is 24.0 Å². The lowest BCUT2D eigenvalue weighted by Crippen LogP contribution is -2.42. The van der Waals surface area contributed by atoms with Gasteiger partial charge in [0.05, 0.1) is 20.6 Å². The average Bonchev–Trinajstić information content (AvgIpc) is 2.75. The number of carbonyl (C=O) groups excluding carboxylic acids is 2. The van der Waals surface area contributed by atoms with Crippen molar-refractivity contribution in [2.45, 2.75) is 26.2 Å². The van der Waals surface area contributed by atoms with E-state index < -0.39 is 0 Å². The SMILES string of the molecule is COc1ccc(CC(=O)N2CCC(C(=O)Nc3ccc(C)cn3)CC2)c(OC)c1. The number of hydrogen-bond acceptors (Lipinski definition) is 5. The van der Waals surface area contributed by atoms with Gasteiger partial charge in [0, 0.05) is 36.8 Å². The van der Waals surface area contributed by atoms with Gasteiger partial charge in [-0.3, -0.25) is 9.59 Å². The van der Waals surface area contributed by atoms with Gasteiger partial charge in [0.1, 0.15) is 17.3 Å². The monoisotopic (exact) mass is 397 g/mol. The number of nitrogens with zero attached hydrogens (tertiary/aromatic N) is 2. The summed E-state index contributed by atoms with van der Waals surface area (Å²) in [6, 6.07) is 9.16. The maximum absolute atomic E-state index is 12.7. The molecule has 1 aromatic heterocycles. The van der Waals surface area contributed by atoms with Crippen molar-refractivity contribution < 1.29 is 19.1 Å². The molecular formula is C22H27N3O4. The van der Waals surface area contributed by atoms with E-state index in [9.17, 15) is 9.59 Å². The summed E-state index contributed by atoms with van der Waals surface area (Å²) in [6.45, 7) is 3.08. The lowest BCUT2D eigenvalue weighted by atomic mass is 9.95. The van der Waals surface area contributed by atoms with Crippen molar-refractivity contribution in [3.63, 3.8) is 0 Å². The van der Waals surface area contributed by atoms with E-state index in [1.165, 1.54) is 0 Å². The summed E-state index contributed by atoms with van der Waals surface area (Å²) in [5.74, 6) is 1.77. The molecule has 2 heterocycles. The number of hydrogen-bond donors (Lipinski definition) is 1. The standard InChI is InChI=1S/C22H27N3O4/c1-15-4-7-20(23-14-15)24-22(27)16-8-10-25(11-9-16)21(26)12-17-5-6-18(28-2)13-19(17)29-3/h4-7,13-14,16H,8-12H2,1-3H3,(H,23,24,27). The van der Waals surface area contributed by atoms with Gasteiger partial charge >= 0.3 is 0 Å². The highest BCUT2D eigenvalue weighted by atomic mass is 16.5. The Kier molecular flexibility index (Phi) is 6.69. The van der Waals surface area contributed by atoms with Gasteiger partial charge in [-0.05, 0) is 37.5 Å². The molecule has 1 fully saturated rings. The number of likely N-dealkylation sites (tertiary alicyclic amines) is 1. The molecule has 0 spiro atoms. The summed E-state index contributed by atoms with van der Waals surface area (Å²) in [6.07, 6.45) is 3.27. The van der Waals surface area contributed by atoms with Crippen molar-refractivity contribution in [2.75, 3.05) is 32.6 Å². The first-order valence-electron chi connectivity index (χ1n) is 9.72. The van der Waals surface area contributed by atoms with Crippen LogP contribution in [0.15, 0.2) is 36.5 Å². The molecule has 2 aromatic rings. The highest BCUT2D eigenvalue weighted by Gasteiger charge is 2.28. The number of aryl methyl sites for hydroxylation is 1. The number of amides is 2. The van der Waals surface area contributed by atoms with Gasteiger partial charge in [0.15, 0.2) is 0 Å². The summed E-state index contributed by atoms with van der Waals surface area (Å²) in [5, 5.41) is 2.87. The molecule has 1 N–H and O–H groups in total. The Hall–Kier alpha value is -3.09. The van der Waals surface area contributed by atoms with E-state index in [1.807, 2.05) is 30.0 Å². The van der Waals surface area contributed by atoms with Gasteiger partial charge < -0.3 is 19.7 Å². The molecule has 154 valence electrons. The molecule has 0 atom stereocenters. The molecule has 0 aliphatic carbocycles. The Morgan fingerprint density at radius 3 is 2.52 bits per heavy atom. The van der Waals surface area contributed by atoms with Gasteiger partial charge in [-0.2, -0.15) is 0 Å². The van der Waals surface area contributed by atoms with Crippen LogP contribution in [0.25, 0.3) is 0 Å². The molecule has 29 heavy (non-hydrogen) atoms. The quantitative estimate of drug-likeness (QED) is 0.811. The van der Waals surface area contributed by atoms with Crippen molar-refractivity contribution in [1.82, 2.24) is 9.88 Å². The molecule has 7 nitrogen and oxygen atoms in total. The molecule has 2 amide bonds. The Morgan fingerprint density at radius 1 is 1.14 bits per heavy atom. The molecular weight excluding hydrogens is 370 g/mol. The van der Waals surface area contributed by atoms with Crippen LogP contribution in [0.4, 0.5) is 5.82 Å². The summed E-state index contributed by atoms with van der Waals surface area (Å²) in [4.78, 5) is 31.2. The summed E-state index contributed by atoms with van der Waals surface area (Å²) in [5.41, 5.74) is 1.87. The van der Waals surface area contributed by atoms with Crippen LogP contribution in [0.3, 0.4) is 0 Å². The smallest absolute Gasteiger partial charge is 0.228 e. The summed E-state index contributed by atoms with van der Waals surface area (Å²) in [7, 11) is 3.17. The minimum Gasteiger partial charge on any atom is -0.497 e. The zero-order chi connectivity index (χ0) is 20.8. The number of pyridine rings is 1. The van der Waals surface area contributed by atoms with E-state index in [2.05, 4.69) is 10.3 Å². The molecule has 1 aliphatic heterocycles. The predicted octanol–water partition coefficient (Wildman–Crippen LogP) is 2.83. The van der Waals surface area contributed by atoms with Crippen molar-refractivity contribution in [3.05, 3.63) is 47.7 Å². The Bertz CT molecular complexity index is 859. The number of methoxy groups -OCH3 is 2. The van der Waals surface area contributed by atoms with Crippen molar-refractivity contribution in [2.24, 2.45) is 5.92 Å². The average molecular weight is 397 g/mol.